The smallest absolute Gasteiger partial charge is 0.348 e. The van der Waals surface area contributed by atoms with Gasteiger partial charge in [-0.1, -0.05) is 25.5 Å². The molecule has 1 aromatic heterocycles. The molecule has 0 bridgehead atoms. The molecule has 0 radical (unpaired) electrons. The molecule has 2 fully saturated rings. The van der Waals surface area contributed by atoms with E-state index >= 15 is 0 Å². The molecule has 0 aliphatic heterocycles. The number of aryl methyl sites for hydroxylation is 1. The van der Waals surface area contributed by atoms with E-state index < -0.39 is 0 Å². The summed E-state index contributed by atoms with van der Waals surface area (Å²) in [6.07, 6.45) is 15.2. The zero-order valence-corrected chi connectivity index (χ0v) is 19.3. The summed E-state index contributed by atoms with van der Waals surface area (Å²) >= 11 is 8.17. The summed E-state index contributed by atoms with van der Waals surface area (Å²) in [5, 5.41) is 10.8. The summed E-state index contributed by atoms with van der Waals surface area (Å²) in [5.41, 5.74) is 0.170. The van der Waals surface area contributed by atoms with Crippen LogP contribution in [0, 0.1) is 17.3 Å². The van der Waals surface area contributed by atoms with Crippen LogP contribution in [0.3, 0.4) is 0 Å². The Balaban J connectivity index is 1.46. The van der Waals surface area contributed by atoms with E-state index in [1.54, 1.807) is 0 Å². The Labute approximate surface area is 184 Å². The number of ether oxygens (including phenoxy) is 1. The van der Waals surface area contributed by atoms with Gasteiger partial charge in [0.25, 0.3) is 0 Å². The number of carbonyl (C=O) groups excluding carboxylic acids is 1. The number of hydrogen-bond acceptors (Lipinski definition) is 4. The van der Waals surface area contributed by atoms with Gasteiger partial charge in [0.2, 0.25) is 0 Å². The monoisotopic (exact) mass is 438 g/mol. The average Bonchev–Trinajstić information content (AvgIpc) is 3.29. The largest absolute Gasteiger partial charge is 0.465 e. The number of rotatable bonds is 10. The highest BCUT2D eigenvalue weighted by Gasteiger charge is 2.41. The number of hydrogen-bond donors (Lipinski definition) is 1. The first-order valence-corrected chi connectivity index (χ1v) is 12.4. The maximum absolute atomic E-state index is 11.6. The molecule has 0 amide bonds. The average molecular weight is 439 g/mol. The molecule has 1 unspecified atom stereocenters. The van der Waals surface area contributed by atoms with E-state index in [1.165, 1.54) is 49.0 Å². The molecule has 162 valence electrons. The van der Waals surface area contributed by atoms with Crippen LogP contribution in [0.1, 0.15) is 79.3 Å². The molecule has 3 nitrogen and oxygen atoms in total. The maximum Gasteiger partial charge on any atom is 0.348 e. The van der Waals surface area contributed by atoms with Gasteiger partial charge in [-0.3, -0.25) is 0 Å². The van der Waals surface area contributed by atoms with E-state index in [9.17, 15) is 9.90 Å². The van der Waals surface area contributed by atoms with Gasteiger partial charge in [-0.25, -0.2) is 4.79 Å². The Kier molecular flexibility index (Phi) is 8.23. The lowest BCUT2D eigenvalue weighted by Gasteiger charge is -2.45. The minimum absolute atomic E-state index is 0.170. The molecule has 2 aliphatic rings. The van der Waals surface area contributed by atoms with Crippen molar-refractivity contribution >= 4 is 28.9 Å². The molecular formula is C24H35ClO3S. The molecule has 1 aromatic rings. The second-order valence-electron chi connectivity index (χ2n) is 8.83. The van der Waals surface area contributed by atoms with Crippen molar-refractivity contribution in [2.24, 2.45) is 17.3 Å². The highest BCUT2D eigenvalue weighted by molar-refractivity contribution is 7.13. The van der Waals surface area contributed by atoms with Gasteiger partial charge >= 0.3 is 5.97 Å². The van der Waals surface area contributed by atoms with Gasteiger partial charge in [-0.05, 0) is 87.2 Å². The third kappa shape index (κ3) is 5.45. The molecular weight excluding hydrogens is 404 g/mol. The Morgan fingerprint density at radius 1 is 1.41 bits per heavy atom. The van der Waals surface area contributed by atoms with Gasteiger partial charge in [-0.2, -0.15) is 0 Å². The van der Waals surface area contributed by atoms with Gasteiger partial charge in [0.15, 0.2) is 0 Å². The molecule has 3 rings (SSSR count). The SMILES string of the molecule is CCC1(C(O)C/C=C/[C@@H]2[C@@H](CCCc3ccc(C(=O)OC)s3)CC[C@@H]2Cl)CCC1. The fourth-order valence-corrected chi connectivity index (χ4v) is 6.48. The first-order chi connectivity index (χ1) is 14.0. The molecule has 2 aliphatic carbocycles. The molecule has 0 aromatic carbocycles. The second kappa shape index (κ2) is 10.5. The van der Waals surface area contributed by atoms with Crippen LogP contribution in [0.2, 0.25) is 0 Å². The quantitative estimate of drug-likeness (QED) is 0.262. The standard InChI is InChI=1S/C24H35ClO3S/c1-3-24(15-6-16-24)22(26)10-5-9-19-17(11-13-20(19)25)7-4-8-18-12-14-21(29-18)23(27)28-2/h5,9,12,14,17,19-20,22,26H,3-4,6-8,10-11,13,15-16H2,1-2H3/b9-5+/t17-,19+,20-,22?/m0/s1. The number of esters is 1. The first-order valence-electron chi connectivity index (χ1n) is 11.1. The highest BCUT2D eigenvalue weighted by atomic mass is 35.5. The second-order valence-corrected chi connectivity index (χ2v) is 10.6. The zero-order valence-electron chi connectivity index (χ0n) is 17.7. The van der Waals surface area contributed by atoms with Crippen LogP contribution in [-0.2, 0) is 11.2 Å². The van der Waals surface area contributed by atoms with Crippen molar-refractivity contribution in [2.75, 3.05) is 7.11 Å². The number of aliphatic hydroxyl groups excluding tert-OH is 1. The summed E-state index contributed by atoms with van der Waals surface area (Å²) in [6, 6.07) is 3.90. The van der Waals surface area contributed by atoms with E-state index in [2.05, 4.69) is 19.1 Å². The predicted molar refractivity (Wildman–Crippen MR) is 121 cm³/mol. The lowest BCUT2D eigenvalue weighted by atomic mass is 9.63. The van der Waals surface area contributed by atoms with Crippen LogP contribution in [0.5, 0.6) is 0 Å². The van der Waals surface area contributed by atoms with E-state index in [-0.39, 0.29) is 22.9 Å². The van der Waals surface area contributed by atoms with Gasteiger partial charge in [0.1, 0.15) is 4.88 Å². The fraction of sp³-hybridized carbons (Fsp3) is 0.708. The number of carbonyl (C=O) groups is 1. The van der Waals surface area contributed by atoms with Crippen LogP contribution in [0.15, 0.2) is 24.3 Å². The summed E-state index contributed by atoms with van der Waals surface area (Å²) in [6.45, 7) is 2.20. The van der Waals surface area contributed by atoms with Crippen molar-refractivity contribution in [3.8, 4) is 0 Å². The van der Waals surface area contributed by atoms with Gasteiger partial charge in [0.05, 0.1) is 13.2 Å². The Morgan fingerprint density at radius 3 is 2.86 bits per heavy atom. The minimum atomic E-state index is -0.249. The number of halogens is 1. The molecule has 4 atom stereocenters. The third-order valence-corrected chi connectivity index (χ3v) is 8.93. The minimum Gasteiger partial charge on any atom is -0.465 e. The number of aliphatic hydroxyl groups is 1. The van der Waals surface area contributed by atoms with Crippen LogP contribution >= 0.6 is 22.9 Å². The van der Waals surface area contributed by atoms with Crippen LogP contribution in [0.4, 0.5) is 0 Å². The Hall–Kier alpha value is -0.840. The van der Waals surface area contributed by atoms with Crippen LogP contribution in [-0.4, -0.2) is 29.7 Å². The number of thiophene rings is 1. The lowest BCUT2D eigenvalue weighted by molar-refractivity contribution is -0.0355. The normalized spacial score (nSPS) is 27.1. The molecule has 2 saturated carbocycles. The maximum atomic E-state index is 11.6. The zero-order chi connectivity index (χ0) is 20.9. The Bertz CT molecular complexity index is 689. The van der Waals surface area contributed by atoms with Crippen LogP contribution in [0.25, 0.3) is 0 Å². The lowest BCUT2D eigenvalue weighted by Crippen LogP contribution is -2.40. The summed E-state index contributed by atoms with van der Waals surface area (Å²) in [7, 11) is 1.42. The van der Waals surface area contributed by atoms with E-state index in [4.69, 9.17) is 16.3 Å². The Morgan fingerprint density at radius 2 is 2.21 bits per heavy atom. The van der Waals surface area contributed by atoms with Crippen molar-refractivity contribution in [3.63, 3.8) is 0 Å². The molecule has 1 N–H and O–H groups in total. The fourth-order valence-electron chi connectivity index (χ4n) is 5.10. The molecule has 0 spiro atoms. The molecule has 29 heavy (non-hydrogen) atoms. The topological polar surface area (TPSA) is 46.5 Å². The molecule has 5 heteroatoms. The summed E-state index contributed by atoms with van der Waals surface area (Å²) in [4.78, 5) is 13.5. The summed E-state index contributed by atoms with van der Waals surface area (Å²) in [5.74, 6) is 0.785. The van der Waals surface area contributed by atoms with Gasteiger partial charge in [-0.15, -0.1) is 22.9 Å². The van der Waals surface area contributed by atoms with Crippen molar-refractivity contribution in [1.82, 2.24) is 0 Å². The van der Waals surface area contributed by atoms with E-state index in [0.717, 1.165) is 38.5 Å². The number of methoxy groups -OCH3 is 1. The first kappa shape index (κ1) is 22.8. The van der Waals surface area contributed by atoms with Gasteiger partial charge in [0, 0.05) is 10.3 Å². The predicted octanol–water partition coefficient (Wildman–Crippen LogP) is 6.38. The molecule has 0 saturated heterocycles. The van der Waals surface area contributed by atoms with Gasteiger partial charge < -0.3 is 9.84 Å². The van der Waals surface area contributed by atoms with Crippen molar-refractivity contribution in [1.29, 1.82) is 0 Å². The van der Waals surface area contributed by atoms with Crippen molar-refractivity contribution in [3.05, 3.63) is 34.0 Å². The number of allylic oxidation sites excluding steroid dienone is 1. The summed E-state index contributed by atoms with van der Waals surface area (Å²) < 4.78 is 4.79. The van der Waals surface area contributed by atoms with E-state index in [0.29, 0.717) is 16.7 Å². The van der Waals surface area contributed by atoms with Crippen LogP contribution < -0.4 is 0 Å². The number of alkyl halides is 1. The van der Waals surface area contributed by atoms with Crippen molar-refractivity contribution < 1.29 is 14.6 Å². The van der Waals surface area contributed by atoms with E-state index in [1.807, 2.05) is 12.1 Å². The molecule has 1 heterocycles. The third-order valence-electron chi connectivity index (χ3n) is 7.30. The van der Waals surface area contributed by atoms with Crippen molar-refractivity contribution in [2.45, 2.75) is 82.6 Å². The highest BCUT2D eigenvalue weighted by Crippen LogP contribution is 2.48.